The molecule has 0 aromatic heterocycles. The number of rotatable bonds is 7. The van der Waals surface area contributed by atoms with E-state index in [9.17, 15) is 0 Å². The van der Waals surface area contributed by atoms with Crippen LogP contribution in [-0.2, 0) is 5.41 Å². The van der Waals surface area contributed by atoms with Crippen LogP contribution < -0.4 is 4.74 Å². The fourth-order valence-corrected chi connectivity index (χ4v) is 6.18. The first-order valence-corrected chi connectivity index (χ1v) is 10.0. The van der Waals surface area contributed by atoms with Crippen LogP contribution in [0.2, 0.25) is 0 Å². The minimum absolute atomic E-state index is 0.453. The molecule has 4 fully saturated rings. The maximum atomic E-state index is 6.27. The summed E-state index contributed by atoms with van der Waals surface area (Å²) in [6.07, 6.45) is 13.9. The van der Waals surface area contributed by atoms with Crippen LogP contribution in [-0.4, -0.2) is 6.61 Å². The van der Waals surface area contributed by atoms with E-state index in [1.165, 1.54) is 70.0 Å². The Hall–Kier alpha value is -0.980. The van der Waals surface area contributed by atoms with E-state index in [1.807, 2.05) is 0 Å². The van der Waals surface area contributed by atoms with Gasteiger partial charge in [0.2, 0.25) is 0 Å². The minimum atomic E-state index is 0.453. The van der Waals surface area contributed by atoms with Gasteiger partial charge in [0.25, 0.3) is 0 Å². The molecule has 0 atom stereocenters. The van der Waals surface area contributed by atoms with Gasteiger partial charge in [0.15, 0.2) is 0 Å². The van der Waals surface area contributed by atoms with Crippen LogP contribution in [0.3, 0.4) is 0 Å². The highest BCUT2D eigenvalue weighted by Crippen LogP contribution is 2.61. The van der Waals surface area contributed by atoms with Crippen molar-refractivity contribution in [2.75, 3.05) is 6.61 Å². The second kappa shape index (κ2) is 6.49. The number of para-hydroxylation sites is 1. The van der Waals surface area contributed by atoms with Crippen molar-refractivity contribution >= 4 is 0 Å². The van der Waals surface area contributed by atoms with E-state index in [2.05, 4.69) is 31.2 Å². The third-order valence-electron chi connectivity index (χ3n) is 6.75. The molecule has 5 rings (SSSR count). The summed E-state index contributed by atoms with van der Waals surface area (Å²) in [6, 6.07) is 9.01. The Labute approximate surface area is 141 Å². The maximum absolute atomic E-state index is 6.27. The van der Waals surface area contributed by atoms with Gasteiger partial charge >= 0.3 is 0 Å². The van der Waals surface area contributed by atoms with Crippen LogP contribution in [0.4, 0.5) is 0 Å². The van der Waals surface area contributed by atoms with E-state index in [1.54, 1.807) is 5.56 Å². The Morgan fingerprint density at radius 3 is 2.22 bits per heavy atom. The molecule has 1 heteroatoms. The second-order valence-corrected chi connectivity index (χ2v) is 8.60. The molecule has 23 heavy (non-hydrogen) atoms. The third kappa shape index (κ3) is 3.04. The highest BCUT2D eigenvalue weighted by molar-refractivity contribution is 5.41. The van der Waals surface area contributed by atoms with Crippen LogP contribution in [0.1, 0.15) is 76.7 Å². The summed E-state index contributed by atoms with van der Waals surface area (Å²) in [5, 5.41) is 0. The van der Waals surface area contributed by atoms with Gasteiger partial charge < -0.3 is 4.74 Å². The number of unbranched alkanes of at least 4 members (excludes halogenated alkanes) is 3. The van der Waals surface area contributed by atoms with Crippen LogP contribution in [0.25, 0.3) is 0 Å². The molecule has 4 saturated carbocycles. The molecule has 0 amide bonds. The molecular weight excluding hydrogens is 280 g/mol. The number of hydrogen-bond acceptors (Lipinski definition) is 1. The van der Waals surface area contributed by atoms with E-state index < -0.39 is 0 Å². The van der Waals surface area contributed by atoms with E-state index in [0.29, 0.717) is 5.41 Å². The van der Waals surface area contributed by atoms with Crippen molar-refractivity contribution in [3.63, 3.8) is 0 Å². The SMILES string of the molecule is CCCCCCOc1ccccc1C12CC3CC(CC(C3)C1)C2. The fraction of sp³-hybridized carbons (Fsp3) is 0.727. The number of hydrogen-bond donors (Lipinski definition) is 0. The van der Waals surface area contributed by atoms with Crippen LogP contribution >= 0.6 is 0 Å². The first kappa shape index (κ1) is 15.5. The highest BCUT2D eigenvalue weighted by atomic mass is 16.5. The largest absolute Gasteiger partial charge is 0.493 e. The topological polar surface area (TPSA) is 9.23 Å². The third-order valence-corrected chi connectivity index (χ3v) is 6.75. The molecule has 0 N–H and O–H groups in total. The second-order valence-electron chi connectivity index (χ2n) is 8.60. The maximum Gasteiger partial charge on any atom is 0.123 e. The smallest absolute Gasteiger partial charge is 0.123 e. The van der Waals surface area contributed by atoms with Gasteiger partial charge in [-0.05, 0) is 74.2 Å². The van der Waals surface area contributed by atoms with Crippen LogP contribution in [0, 0.1) is 17.8 Å². The van der Waals surface area contributed by atoms with Gasteiger partial charge in [-0.25, -0.2) is 0 Å². The summed E-state index contributed by atoms with van der Waals surface area (Å²) < 4.78 is 6.27. The lowest BCUT2D eigenvalue weighted by Crippen LogP contribution is -2.48. The molecular formula is C22H32O. The van der Waals surface area contributed by atoms with Gasteiger partial charge in [0.05, 0.1) is 6.61 Å². The quantitative estimate of drug-likeness (QED) is 0.552. The summed E-state index contributed by atoms with van der Waals surface area (Å²) in [4.78, 5) is 0. The average Bonchev–Trinajstić information content (AvgIpc) is 2.54. The molecule has 126 valence electrons. The molecule has 0 spiro atoms. The Kier molecular flexibility index (Phi) is 4.39. The van der Waals surface area contributed by atoms with Crippen molar-refractivity contribution in [1.82, 2.24) is 0 Å². The van der Waals surface area contributed by atoms with E-state index in [4.69, 9.17) is 4.74 Å². The van der Waals surface area contributed by atoms with Crippen LogP contribution in [0.15, 0.2) is 24.3 Å². The van der Waals surface area contributed by atoms with Crippen molar-refractivity contribution in [2.24, 2.45) is 17.8 Å². The lowest BCUT2D eigenvalue weighted by molar-refractivity contribution is -0.00639. The van der Waals surface area contributed by atoms with Gasteiger partial charge in [-0.2, -0.15) is 0 Å². The van der Waals surface area contributed by atoms with E-state index >= 15 is 0 Å². The zero-order valence-corrected chi connectivity index (χ0v) is 14.7. The van der Waals surface area contributed by atoms with Crippen molar-refractivity contribution in [1.29, 1.82) is 0 Å². The van der Waals surface area contributed by atoms with Crippen molar-refractivity contribution < 1.29 is 4.74 Å². The Bertz CT molecular complexity index is 497. The predicted molar refractivity (Wildman–Crippen MR) is 95.9 cm³/mol. The molecule has 0 unspecified atom stereocenters. The predicted octanol–water partition coefficient (Wildman–Crippen LogP) is 6.11. The first-order chi connectivity index (χ1) is 11.3. The molecule has 4 aliphatic rings. The number of ether oxygens (including phenoxy) is 1. The summed E-state index contributed by atoms with van der Waals surface area (Å²) >= 11 is 0. The molecule has 1 nitrogen and oxygen atoms in total. The van der Waals surface area contributed by atoms with Gasteiger partial charge in [-0.15, -0.1) is 0 Å². The van der Waals surface area contributed by atoms with Crippen LogP contribution in [0.5, 0.6) is 5.75 Å². The molecule has 0 radical (unpaired) electrons. The number of benzene rings is 1. The van der Waals surface area contributed by atoms with Gasteiger partial charge in [-0.3, -0.25) is 0 Å². The van der Waals surface area contributed by atoms with E-state index in [0.717, 1.165) is 24.4 Å². The van der Waals surface area contributed by atoms with Crippen molar-refractivity contribution in [2.45, 2.75) is 76.5 Å². The normalized spacial score (nSPS) is 34.7. The summed E-state index contributed by atoms with van der Waals surface area (Å²) in [5.74, 6) is 4.20. The lowest BCUT2D eigenvalue weighted by atomic mass is 9.48. The zero-order valence-electron chi connectivity index (χ0n) is 14.7. The van der Waals surface area contributed by atoms with Crippen molar-refractivity contribution in [3.8, 4) is 5.75 Å². The van der Waals surface area contributed by atoms with E-state index in [-0.39, 0.29) is 0 Å². The molecule has 4 bridgehead atoms. The summed E-state index contributed by atoms with van der Waals surface area (Å²) in [6.45, 7) is 3.16. The zero-order chi connectivity index (χ0) is 15.7. The summed E-state index contributed by atoms with van der Waals surface area (Å²) in [5.41, 5.74) is 2.00. The minimum Gasteiger partial charge on any atom is -0.493 e. The molecule has 1 aromatic carbocycles. The Morgan fingerprint density at radius 2 is 1.57 bits per heavy atom. The molecule has 4 aliphatic carbocycles. The summed E-state index contributed by atoms with van der Waals surface area (Å²) in [7, 11) is 0. The first-order valence-electron chi connectivity index (χ1n) is 10.0. The van der Waals surface area contributed by atoms with Gasteiger partial charge in [0.1, 0.15) is 5.75 Å². The fourth-order valence-electron chi connectivity index (χ4n) is 6.18. The molecule has 0 heterocycles. The monoisotopic (exact) mass is 312 g/mol. The molecule has 1 aromatic rings. The standard InChI is InChI=1S/C22H32O/c1-2-3-4-7-10-23-21-9-6-5-8-20(21)22-14-17-11-18(15-22)13-19(12-17)16-22/h5-6,8-9,17-19H,2-4,7,10-16H2,1H3. The van der Waals surface area contributed by atoms with Crippen molar-refractivity contribution in [3.05, 3.63) is 29.8 Å². The van der Waals surface area contributed by atoms with Gasteiger partial charge in [-0.1, -0.05) is 44.4 Å². The highest BCUT2D eigenvalue weighted by Gasteiger charge is 2.52. The average molecular weight is 312 g/mol. The Balaban J connectivity index is 1.50. The molecule has 0 saturated heterocycles. The molecule has 0 aliphatic heterocycles. The Morgan fingerprint density at radius 1 is 0.913 bits per heavy atom. The van der Waals surface area contributed by atoms with Gasteiger partial charge in [0, 0.05) is 5.56 Å². The lowest BCUT2D eigenvalue weighted by Gasteiger charge is -2.57.